The number of aliphatic hydroxyl groups is 2. The molecular formula is C9H11BrO2. The molecule has 1 aromatic carbocycles. The SMILES string of the molecule is Cc1cc(Br)ccc1[C@@H](O)CO. The van der Waals surface area contributed by atoms with Crippen molar-refractivity contribution in [3.63, 3.8) is 0 Å². The first-order chi connectivity index (χ1) is 5.65. The zero-order valence-electron chi connectivity index (χ0n) is 6.79. The summed E-state index contributed by atoms with van der Waals surface area (Å²) in [4.78, 5) is 0. The van der Waals surface area contributed by atoms with Crippen LogP contribution in [0.4, 0.5) is 0 Å². The number of hydrogen-bond donors (Lipinski definition) is 2. The molecule has 0 bridgehead atoms. The molecule has 66 valence electrons. The summed E-state index contributed by atoms with van der Waals surface area (Å²) in [6.07, 6.45) is -0.766. The van der Waals surface area contributed by atoms with Crippen molar-refractivity contribution in [2.75, 3.05) is 6.61 Å². The van der Waals surface area contributed by atoms with Gasteiger partial charge in [0.2, 0.25) is 0 Å². The Labute approximate surface area is 80.0 Å². The topological polar surface area (TPSA) is 40.5 Å². The molecule has 1 atom stereocenters. The third kappa shape index (κ3) is 2.06. The molecule has 0 saturated heterocycles. The molecule has 0 heterocycles. The van der Waals surface area contributed by atoms with Gasteiger partial charge < -0.3 is 10.2 Å². The lowest BCUT2D eigenvalue weighted by Crippen LogP contribution is -2.04. The van der Waals surface area contributed by atoms with Crippen LogP contribution >= 0.6 is 15.9 Å². The van der Waals surface area contributed by atoms with Crippen LogP contribution in [0.2, 0.25) is 0 Å². The van der Waals surface area contributed by atoms with Crippen LogP contribution in [0.3, 0.4) is 0 Å². The molecule has 0 aliphatic heterocycles. The Morgan fingerprint density at radius 3 is 2.67 bits per heavy atom. The summed E-state index contributed by atoms with van der Waals surface area (Å²) in [6, 6.07) is 5.57. The van der Waals surface area contributed by atoms with Gasteiger partial charge in [0.15, 0.2) is 0 Å². The van der Waals surface area contributed by atoms with Crippen LogP contribution in [0.25, 0.3) is 0 Å². The van der Waals surface area contributed by atoms with Gasteiger partial charge in [0.05, 0.1) is 6.61 Å². The van der Waals surface area contributed by atoms with E-state index in [-0.39, 0.29) is 6.61 Å². The van der Waals surface area contributed by atoms with E-state index in [1.165, 1.54) is 0 Å². The minimum Gasteiger partial charge on any atom is -0.393 e. The van der Waals surface area contributed by atoms with Crippen molar-refractivity contribution in [1.82, 2.24) is 0 Å². The number of hydrogen-bond acceptors (Lipinski definition) is 2. The van der Waals surface area contributed by atoms with Crippen molar-refractivity contribution in [3.05, 3.63) is 33.8 Å². The first kappa shape index (κ1) is 9.71. The van der Waals surface area contributed by atoms with Crippen LogP contribution in [-0.4, -0.2) is 16.8 Å². The molecule has 0 unspecified atom stereocenters. The van der Waals surface area contributed by atoms with E-state index >= 15 is 0 Å². The first-order valence-electron chi connectivity index (χ1n) is 3.70. The summed E-state index contributed by atoms with van der Waals surface area (Å²) < 4.78 is 0.980. The standard InChI is InChI=1S/C9H11BrO2/c1-6-4-7(10)2-3-8(6)9(12)5-11/h2-4,9,11-12H,5H2,1H3/t9-/m0/s1. The van der Waals surface area contributed by atoms with Gasteiger partial charge in [-0.05, 0) is 30.2 Å². The Hall–Kier alpha value is -0.380. The number of aliphatic hydroxyl groups excluding tert-OH is 2. The van der Waals surface area contributed by atoms with Crippen LogP contribution < -0.4 is 0 Å². The third-order valence-electron chi connectivity index (χ3n) is 1.76. The normalized spacial score (nSPS) is 13.0. The van der Waals surface area contributed by atoms with E-state index in [4.69, 9.17) is 5.11 Å². The van der Waals surface area contributed by atoms with Crippen LogP contribution in [-0.2, 0) is 0 Å². The number of benzene rings is 1. The summed E-state index contributed by atoms with van der Waals surface area (Å²) in [5.41, 5.74) is 1.76. The zero-order valence-corrected chi connectivity index (χ0v) is 8.37. The van der Waals surface area contributed by atoms with Gasteiger partial charge in [-0.2, -0.15) is 0 Å². The second-order valence-corrected chi connectivity index (χ2v) is 3.61. The van der Waals surface area contributed by atoms with E-state index in [0.717, 1.165) is 15.6 Å². The fourth-order valence-corrected chi connectivity index (χ4v) is 1.59. The summed E-state index contributed by atoms with van der Waals surface area (Å²) in [5.74, 6) is 0. The zero-order chi connectivity index (χ0) is 9.14. The highest BCUT2D eigenvalue weighted by Gasteiger charge is 2.08. The average molecular weight is 231 g/mol. The highest BCUT2D eigenvalue weighted by atomic mass is 79.9. The Kier molecular flexibility index (Phi) is 3.26. The lowest BCUT2D eigenvalue weighted by molar-refractivity contribution is 0.0951. The largest absolute Gasteiger partial charge is 0.393 e. The van der Waals surface area contributed by atoms with Gasteiger partial charge >= 0.3 is 0 Å². The van der Waals surface area contributed by atoms with Gasteiger partial charge in [-0.25, -0.2) is 0 Å². The maximum absolute atomic E-state index is 9.34. The summed E-state index contributed by atoms with van der Waals surface area (Å²) in [6.45, 7) is 1.67. The molecule has 2 nitrogen and oxygen atoms in total. The van der Waals surface area contributed by atoms with Gasteiger partial charge in [-0.1, -0.05) is 22.0 Å². The Bertz CT molecular complexity index is 273. The molecule has 0 fully saturated rings. The molecule has 1 rings (SSSR count). The lowest BCUT2D eigenvalue weighted by atomic mass is 10.0. The molecule has 0 aliphatic carbocycles. The summed E-state index contributed by atoms with van der Waals surface area (Å²) >= 11 is 3.32. The summed E-state index contributed by atoms with van der Waals surface area (Å²) in [7, 11) is 0. The van der Waals surface area contributed by atoms with E-state index in [1.54, 1.807) is 6.07 Å². The van der Waals surface area contributed by atoms with Crippen LogP contribution in [0.5, 0.6) is 0 Å². The van der Waals surface area contributed by atoms with Crippen LogP contribution in [0.15, 0.2) is 22.7 Å². The molecule has 12 heavy (non-hydrogen) atoms. The fourth-order valence-electron chi connectivity index (χ4n) is 1.11. The van der Waals surface area contributed by atoms with E-state index in [0.29, 0.717) is 0 Å². The van der Waals surface area contributed by atoms with Crippen LogP contribution in [0, 0.1) is 6.92 Å². The highest BCUT2D eigenvalue weighted by Crippen LogP contribution is 2.20. The fraction of sp³-hybridized carbons (Fsp3) is 0.333. The first-order valence-corrected chi connectivity index (χ1v) is 4.49. The molecule has 0 saturated carbocycles. The van der Waals surface area contributed by atoms with Gasteiger partial charge in [0.25, 0.3) is 0 Å². The predicted molar refractivity (Wildman–Crippen MR) is 50.9 cm³/mol. The maximum atomic E-state index is 9.34. The molecular weight excluding hydrogens is 220 g/mol. The van der Waals surface area contributed by atoms with Crippen molar-refractivity contribution in [1.29, 1.82) is 0 Å². The van der Waals surface area contributed by atoms with Gasteiger partial charge in [0.1, 0.15) is 6.10 Å². The Balaban J connectivity index is 3.01. The quantitative estimate of drug-likeness (QED) is 0.814. The van der Waals surface area contributed by atoms with Gasteiger partial charge in [-0.15, -0.1) is 0 Å². The Morgan fingerprint density at radius 2 is 2.17 bits per heavy atom. The van der Waals surface area contributed by atoms with Crippen molar-refractivity contribution < 1.29 is 10.2 Å². The molecule has 0 spiro atoms. The lowest BCUT2D eigenvalue weighted by Gasteiger charge is -2.10. The van der Waals surface area contributed by atoms with Crippen molar-refractivity contribution >= 4 is 15.9 Å². The van der Waals surface area contributed by atoms with Crippen molar-refractivity contribution in [3.8, 4) is 0 Å². The molecule has 0 aliphatic rings. The Morgan fingerprint density at radius 1 is 1.50 bits per heavy atom. The predicted octanol–water partition coefficient (Wildman–Crippen LogP) is 1.78. The number of aryl methyl sites for hydroxylation is 1. The molecule has 3 heteroatoms. The van der Waals surface area contributed by atoms with Crippen molar-refractivity contribution in [2.24, 2.45) is 0 Å². The molecule has 0 radical (unpaired) electrons. The number of halogens is 1. The minimum absolute atomic E-state index is 0.234. The molecule has 2 N–H and O–H groups in total. The highest BCUT2D eigenvalue weighted by molar-refractivity contribution is 9.10. The minimum atomic E-state index is -0.766. The maximum Gasteiger partial charge on any atom is 0.102 e. The second kappa shape index (κ2) is 4.03. The molecule has 0 aromatic heterocycles. The van der Waals surface area contributed by atoms with E-state index in [9.17, 15) is 5.11 Å². The number of rotatable bonds is 2. The summed E-state index contributed by atoms with van der Waals surface area (Å²) in [5, 5.41) is 18.1. The smallest absolute Gasteiger partial charge is 0.102 e. The van der Waals surface area contributed by atoms with Crippen molar-refractivity contribution in [2.45, 2.75) is 13.0 Å². The molecule has 0 amide bonds. The molecule has 1 aromatic rings. The van der Waals surface area contributed by atoms with E-state index in [2.05, 4.69) is 15.9 Å². The average Bonchev–Trinajstić information content (AvgIpc) is 2.03. The van der Waals surface area contributed by atoms with Crippen LogP contribution in [0.1, 0.15) is 17.2 Å². The second-order valence-electron chi connectivity index (χ2n) is 2.70. The third-order valence-corrected chi connectivity index (χ3v) is 2.26. The van der Waals surface area contributed by atoms with E-state index < -0.39 is 6.10 Å². The monoisotopic (exact) mass is 230 g/mol. The van der Waals surface area contributed by atoms with Gasteiger partial charge in [0, 0.05) is 4.47 Å². The van der Waals surface area contributed by atoms with Gasteiger partial charge in [-0.3, -0.25) is 0 Å². The van der Waals surface area contributed by atoms with E-state index in [1.807, 2.05) is 19.1 Å².